The van der Waals surface area contributed by atoms with Crippen molar-refractivity contribution in [3.63, 3.8) is 0 Å². The van der Waals surface area contributed by atoms with Gasteiger partial charge in [-0.1, -0.05) is 36.9 Å². The minimum atomic E-state index is -0.343. The first-order valence-corrected chi connectivity index (χ1v) is 9.99. The van der Waals surface area contributed by atoms with Crippen LogP contribution in [-0.2, 0) is 11.2 Å². The van der Waals surface area contributed by atoms with Gasteiger partial charge in [-0.25, -0.2) is 0 Å². The van der Waals surface area contributed by atoms with Crippen LogP contribution in [0.4, 0.5) is 5.69 Å². The highest BCUT2D eigenvalue weighted by atomic mass is 32.2. The van der Waals surface area contributed by atoms with E-state index < -0.39 is 0 Å². The molecule has 2 N–H and O–H groups in total. The van der Waals surface area contributed by atoms with Gasteiger partial charge >= 0.3 is 0 Å². The van der Waals surface area contributed by atoms with E-state index in [-0.39, 0.29) is 33.8 Å². The lowest BCUT2D eigenvalue weighted by Gasteiger charge is -2.14. The van der Waals surface area contributed by atoms with Crippen molar-refractivity contribution in [2.75, 3.05) is 18.2 Å². The van der Waals surface area contributed by atoms with Crippen molar-refractivity contribution in [2.45, 2.75) is 18.5 Å². The number of thioether (sulfide) groups is 1. The van der Waals surface area contributed by atoms with Gasteiger partial charge in [-0.3, -0.25) is 14.2 Å². The first-order chi connectivity index (χ1) is 14.0. The highest BCUT2D eigenvalue weighted by Gasteiger charge is 2.17. The Morgan fingerprint density at radius 1 is 1.17 bits per heavy atom. The van der Waals surface area contributed by atoms with Crippen molar-refractivity contribution in [2.24, 2.45) is 0 Å². The molecule has 0 spiro atoms. The quantitative estimate of drug-likeness (QED) is 0.458. The van der Waals surface area contributed by atoms with Crippen LogP contribution in [0.25, 0.3) is 5.69 Å². The fourth-order valence-electron chi connectivity index (χ4n) is 2.74. The number of nitrogens with zero attached hydrogens (tertiary/aromatic N) is 2. The van der Waals surface area contributed by atoms with Crippen molar-refractivity contribution >= 4 is 23.4 Å². The van der Waals surface area contributed by atoms with E-state index in [0.29, 0.717) is 23.5 Å². The van der Waals surface area contributed by atoms with Crippen LogP contribution in [0.15, 0.2) is 64.5 Å². The molecular weight excluding hydrogens is 390 g/mol. The standard InChI is InChI=1S/C21H21N3O4S/c1-3-17-19(26)23-21(24(20(17)27)15-7-5-4-6-8-15)29-13-18(25)22-14-9-11-16(28-2)12-10-14/h4-12,26H,3,13H2,1-2H3,(H,22,25). The van der Waals surface area contributed by atoms with E-state index in [2.05, 4.69) is 10.3 Å². The molecule has 0 fully saturated rings. The van der Waals surface area contributed by atoms with Crippen LogP contribution in [0.3, 0.4) is 0 Å². The van der Waals surface area contributed by atoms with Crippen LogP contribution in [0.1, 0.15) is 12.5 Å². The maximum Gasteiger partial charge on any atom is 0.265 e. The molecule has 1 heterocycles. The molecular formula is C21H21N3O4S. The first kappa shape index (κ1) is 20.5. The number of hydrogen-bond donors (Lipinski definition) is 2. The lowest BCUT2D eigenvalue weighted by Crippen LogP contribution is -2.25. The average molecular weight is 411 g/mol. The molecule has 1 amide bonds. The zero-order chi connectivity index (χ0) is 20.8. The summed E-state index contributed by atoms with van der Waals surface area (Å²) in [6.07, 6.45) is 0.355. The number of amides is 1. The number of benzene rings is 2. The maximum absolute atomic E-state index is 12.9. The largest absolute Gasteiger partial charge is 0.497 e. The van der Waals surface area contributed by atoms with Gasteiger partial charge in [-0.15, -0.1) is 0 Å². The fourth-order valence-corrected chi connectivity index (χ4v) is 3.54. The number of nitrogens with one attached hydrogen (secondary N) is 1. The van der Waals surface area contributed by atoms with Crippen molar-refractivity contribution < 1.29 is 14.6 Å². The third kappa shape index (κ3) is 4.78. The Kier molecular flexibility index (Phi) is 6.56. The molecule has 0 aliphatic rings. The van der Waals surface area contributed by atoms with Gasteiger partial charge in [-0.05, 0) is 42.8 Å². The van der Waals surface area contributed by atoms with Crippen molar-refractivity contribution in [1.29, 1.82) is 0 Å². The zero-order valence-corrected chi connectivity index (χ0v) is 16.9. The molecule has 29 heavy (non-hydrogen) atoms. The van der Waals surface area contributed by atoms with Gasteiger partial charge in [0.2, 0.25) is 11.8 Å². The summed E-state index contributed by atoms with van der Waals surface area (Å²) >= 11 is 1.08. The van der Waals surface area contributed by atoms with Gasteiger partial charge in [0.05, 0.1) is 24.1 Å². The smallest absolute Gasteiger partial charge is 0.265 e. The van der Waals surface area contributed by atoms with Crippen LogP contribution in [-0.4, -0.2) is 33.4 Å². The number of rotatable bonds is 7. The molecule has 1 aromatic heterocycles. The number of carbonyl (C=O) groups is 1. The zero-order valence-electron chi connectivity index (χ0n) is 16.1. The molecule has 3 rings (SSSR count). The number of methoxy groups -OCH3 is 1. The Morgan fingerprint density at radius 2 is 1.86 bits per heavy atom. The van der Waals surface area contributed by atoms with Crippen LogP contribution in [0, 0.1) is 0 Å². The maximum atomic E-state index is 12.9. The number of aromatic nitrogens is 2. The predicted molar refractivity (Wildman–Crippen MR) is 113 cm³/mol. The molecule has 3 aromatic rings. The van der Waals surface area contributed by atoms with Gasteiger partial charge in [0.15, 0.2) is 5.16 Å². The monoisotopic (exact) mass is 411 g/mol. The molecule has 0 radical (unpaired) electrons. The van der Waals surface area contributed by atoms with Crippen LogP contribution < -0.4 is 15.6 Å². The Bertz CT molecular complexity index is 1050. The first-order valence-electron chi connectivity index (χ1n) is 9.00. The fraction of sp³-hybridized carbons (Fsp3) is 0.190. The minimum absolute atomic E-state index is 0.0240. The summed E-state index contributed by atoms with van der Waals surface area (Å²) in [7, 11) is 1.57. The van der Waals surface area contributed by atoms with Crippen molar-refractivity contribution in [3.05, 3.63) is 70.5 Å². The molecule has 0 aliphatic heterocycles. The lowest BCUT2D eigenvalue weighted by atomic mass is 10.2. The summed E-state index contributed by atoms with van der Waals surface area (Å²) in [5, 5.41) is 13.2. The molecule has 8 heteroatoms. The van der Waals surface area contributed by atoms with Crippen LogP contribution >= 0.6 is 11.8 Å². The highest BCUT2D eigenvalue weighted by molar-refractivity contribution is 7.99. The number of aromatic hydroxyl groups is 1. The Morgan fingerprint density at radius 3 is 2.48 bits per heavy atom. The molecule has 0 bridgehead atoms. The van der Waals surface area contributed by atoms with E-state index in [1.165, 1.54) is 4.57 Å². The minimum Gasteiger partial charge on any atom is -0.497 e. The molecule has 0 aliphatic carbocycles. The van der Waals surface area contributed by atoms with Crippen molar-refractivity contribution in [1.82, 2.24) is 9.55 Å². The summed E-state index contributed by atoms with van der Waals surface area (Å²) < 4.78 is 6.52. The third-order valence-corrected chi connectivity index (χ3v) is 5.14. The Labute approximate surface area is 172 Å². The highest BCUT2D eigenvalue weighted by Crippen LogP contribution is 2.23. The van der Waals surface area contributed by atoms with Gasteiger partial charge in [0.25, 0.3) is 5.56 Å². The second-order valence-electron chi connectivity index (χ2n) is 6.09. The van der Waals surface area contributed by atoms with E-state index in [9.17, 15) is 14.7 Å². The second-order valence-corrected chi connectivity index (χ2v) is 7.03. The normalized spacial score (nSPS) is 10.6. The number of para-hydroxylation sites is 1. The molecule has 150 valence electrons. The molecule has 2 aromatic carbocycles. The predicted octanol–water partition coefficient (Wildman–Crippen LogP) is 3.24. The number of carbonyl (C=O) groups excluding carboxylic acids is 1. The summed E-state index contributed by atoms with van der Waals surface area (Å²) in [5.41, 5.74) is 1.15. The molecule has 7 nitrogen and oxygen atoms in total. The number of hydrogen-bond acceptors (Lipinski definition) is 6. The van der Waals surface area contributed by atoms with Crippen molar-refractivity contribution in [3.8, 4) is 17.3 Å². The van der Waals surface area contributed by atoms with E-state index >= 15 is 0 Å². The average Bonchev–Trinajstić information content (AvgIpc) is 2.73. The Balaban J connectivity index is 1.82. The SMILES string of the molecule is CCc1c(O)nc(SCC(=O)Nc2ccc(OC)cc2)n(-c2ccccc2)c1=O. The number of anilines is 1. The Hall–Kier alpha value is -3.26. The summed E-state index contributed by atoms with van der Waals surface area (Å²) in [4.78, 5) is 29.4. The van der Waals surface area contributed by atoms with Gasteiger partial charge < -0.3 is 15.2 Å². The summed E-state index contributed by atoms with van der Waals surface area (Å²) in [6, 6.07) is 16.0. The molecule has 0 atom stereocenters. The van der Waals surface area contributed by atoms with E-state index in [1.807, 2.05) is 18.2 Å². The van der Waals surface area contributed by atoms with E-state index in [0.717, 1.165) is 11.8 Å². The number of ether oxygens (including phenoxy) is 1. The van der Waals surface area contributed by atoms with Crippen LogP contribution in [0.5, 0.6) is 11.6 Å². The molecule has 0 saturated heterocycles. The van der Waals surface area contributed by atoms with Gasteiger partial charge in [0, 0.05) is 5.69 Å². The summed E-state index contributed by atoms with van der Waals surface area (Å²) in [6.45, 7) is 1.78. The molecule has 0 unspecified atom stereocenters. The second kappa shape index (κ2) is 9.29. The van der Waals surface area contributed by atoms with E-state index in [4.69, 9.17) is 4.74 Å². The van der Waals surface area contributed by atoms with Gasteiger partial charge in [-0.2, -0.15) is 4.98 Å². The third-order valence-electron chi connectivity index (χ3n) is 4.20. The summed E-state index contributed by atoms with van der Waals surface area (Å²) in [5.74, 6) is 0.159. The lowest BCUT2D eigenvalue weighted by molar-refractivity contribution is -0.113. The van der Waals surface area contributed by atoms with E-state index in [1.54, 1.807) is 50.4 Å². The topological polar surface area (TPSA) is 93.4 Å². The van der Waals surface area contributed by atoms with Gasteiger partial charge in [0.1, 0.15) is 5.75 Å². The van der Waals surface area contributed by atoms with Crippen LogP contribution in [0.2, 0.25) is 0 Å². The molecule has 0 saturated carbocycles.